The first kappa shape index (κ1) is 19.7. The quantitative estimate of drug-likeness (QED) is 0.507. The van der Waals surface area contributed by atoms with Crippen LogP contribution in [0, 0.1) is 13.8 Å². The van der Waals surface area contributed by atoms with Gasteiger partial charge in [-0.1, -0.05) is 17.7 Å². The fourth-order valence-electron chi connectivity index (χ4n) is 3.50. The number of aryl methyl sites for hydroxylation is 1. The van der Waals surface area contributed by atoms with E-state index in [1.165, 1.54) is 12.3 Å². The Labute approximate surface area is 177 Å². The van der Waals surface area contributed by atoms with Gasteiger partial charge in [0.1, 0.15) is 11.3 Å². The van der Waals surface area contributed by atoms with Gasteiger partial charge in [-0.05, 0) is 61.9 Å². The predicted octanol–water partition coefficient (Wildman–Crippen LogP) is 4.00. The van der Waals surface area contributed by atoms with Crippen LogP contribution < -0.4 is 5.32 Å². The van der Waals surface area contributed by atoms with Gasteiger partial charge in [0.15, 0.2) is 0 Å². The maximum atomic E-state index is 12.9. The SMILES string of the molecule is Cc1cc(/C=C2\C(=O)NC(=O)N(Cc3ccco3)C2=O)c(C)n1-c1cccc(Cl)c1. The van der Waals surface area contributed by atoms with Crippen LogP contribution in [-0.4, -0.2) is 27.3 Å². The largest absolute Gasteiger partial charge is 0.467 e. The highest BCUT2D eigenvalue weighted by atomic mass is 35.5. The van der Waals surface area contributed by atoms with Crippen LogP contribution in [0.25, 0.3) is 11.8 Å². The van der Waals surface area contributed by atoms with Gasteiger partial charge in [0, 0.05) is 22.1 Å². The van der Waals surface area contributed by atoms with E-state index in [0.29, 0.717) is 16.3 Å². The molecule has 1 aromatic carbocycles. The Bertz CT molecular complexity index is 1190. The molecule has 1 aliphatic heterocycles. The minimum absolute atomic E-state index is 0.0657. The molecule has 30 heavy (non-hydrogen) atoms. The Hall–Kier alpha value is -3.58. The second-order valence-corrected chi connectivity index (χ2v) is 7.37. The van der Waals surface area contributed by atoms with Gasteiger partial charge in [-0.2, -0.15) is 0 Å². The van der Waals surface area contributed by atoms with Crippen LogP contribution in [0.4, 0.5) is 4.79 Å². The van der Waals surface area contributed by atoms with Crippen molar-refractivity contribution in [2.45, 2.75) is 20.4 Å². The molecule has 2 aromatic heterocycles. The Morgan fingerprint density at radius 1 is 1.10 bits per heavy atom. The predicted molar refractivity (Wildman–Crippen MR) is 111 cm³/mol. The highest BCUT2D eigenvalue weighted by Gasteiger charge is 2.36. The van der Waals surface area contributed by atoms with Crippen LogP contribution >= 0.6 is 11.6 Å². The molecule has 3 aromatic rings. The van der Waals surface area contributed by atoms with Crippen LogP contribution in [0.1, 0.15) is 22.7 Å². The molecule has 152 valence electrons. The molecule has 4 amide bonds. The molecule has 0 radical (unpaired) electrons. The van der Waals surface area contributed by atoms with Gasteiger partial charge in [0.05, 0.1) is 12.8 Å². The van der Waals surface area contributed by atoms with Gasteiger partial charge < -0.3 is 8.98 Å². The number of nitrogens with one attached hydrogen (secondary N) is 1. The molecular weight excluding hydrogens is 406 g/mol. The van der Waals surface area contributed by atoms with Crippen molar-refractivity contribution in [2.24, 2.45) is 0 Å². The number of urea groups is 1. The monoisotopic (exact) mass is 423 g/mol. The smallest absolute Gasteiger partial charge is 0.331 e. The van der Waals surface area contributed by atoms with Gasteiger partial charge in [0.2, 0.25) is 0 Å². The van der Waals surface area contributed by atoms with Crippen molar-refractivity contribution in [3.05, 3.63) is 82.0 Å². The first-order chi connectivity index (χ1) is 14.3. The summed E-state index contributed by atoms with van der Waals surface area (Å²) in [7, 11) is 0. The summed E-state index contributed by atoms with van der Waals surface area (Å²) in [5.74, 6) is -0.965. The number of aromatic nitrogens is 1. The Morgan fingerprint density at radius 2 is 1.90 bits per heavy atom. The number of carbonyl (C=O) groups excluding carboxylic acids is 3. The van der Waals surface area contributed by atoms with Crippen LogP contribution in [0.15, 0.2) is 58.7 Å². The lowest BCUT2D eigenvalue weighted by atomic mass is 10.1. The van der Waals surface area contributed by atoms with Crippen LogP contribution in [0.5, 0.6) is 0 Å². The lowest BCUT2D eigenvalue weighted by Crippen LogP contribution is -2.53. The van der Waals surface area contributed by atoms with Crippen LogP contribution in [0.2, 0.25) is 5.02 Å². The van der Waals surface area contributed by atoms with Gasteiger partial charge in [-0.25, -0.2) is 4.79 Å². The van der Waals surface area contributed by atoms with Crippen molar-refractivity contribution in [1.82, 2.24) is 14.8 Å². The third-order valence-electron chi connectivity index (χ3n) is 4.92. The summed E-state index contributed by atoms with van der Waals surface area (Å²) >= 11 is 6.12. The number of amides is 4. The molecule has 3 heterocycles. The van der Waals surface area contributed by atoms with E-state index in [-0.39, 0.29) is 12.1 Å². The number of halogens is 1. The number of furan rings is 1. The minimum atomic E-state index is -0.775. The summed E-state index contributed by atoms with van der Waals surface area (Å²) in [4.78, 5) is 38.4. The first-order valence-electron chi connectivity index (χ1n) is 9.21. The van der Waals surface area contributed by atoms with E-state index in [2.05, 4.69) is 5.32 Å². The summed E-state index contributed by atoms with van der Waals surface area (Å²) in [5, 5.41) is 2.82. The maximum absolute atomic E-state index is 12.9. The highest BCUT2D eigenvalue weighted by molar-refractivity contribution is 6.31. The van der Waals surface area contributed by atoms with Crippen molar-refractivity contribution in [1.29, 1.82) is 0 Å². The van der Waals surface area contributed by atoms with E-state index < -0.39 is 17.8 Å². The van der Waals surface area contributed by atoms with E-state index in [1.807, 2.05) is 42.7 Å². The lowest BCUT2D eigenvalue weighted by Gasteiger charge is -2.25. The fourth-order valence-corrected chi connectivity index (χ4v) is 3.68. The molecule has 1 aliphatic rings. The molecular formula is C22H18ClN3O4. The highest BCUT2D eigenvalue weighted by Crippen LogP contribution is 2.26. The van der Waals surface area contributed by atoms with Gasteiger partial charge in [0.25, 0.3) is 11.8 Å². The summed E-state index contributed by atoms with van der Waals surface area (Å²) in [6.07, 6.45) is 2.96. The van der Waals surface area contributed by atoms with Crippen LogP contribution in [0.3, 0.4) is 0 Å². The molecule has 0 spiro atoms. The molecule has 1 saturated heterocycles. The number of carbonyl (C=O) groups is 3. The van der Waals surface area contributed by atoms with Gasteiger partial charge in [-0.15, -0.1) is 0 Å². The van der Waals surface area contributed by atoms with Crippen molar-refractivity contribution in [3.8, 4) is 5.69 Å². The Kier molecular flexibility index (Phi) is 5.05. The summed E-state index contributed by atoms with van der Waals surface area (Å²) in [5.41, 5.74) is 3.19. The van der Waals surface area contributed by atoms with Crippen LogP contribution in [-0.2, 0) is 16.1 Å². The lowest BCUT2D eigenvalue weighted by molar-refractivity contribution is -0.130. The molecule has 0 saturated carbocycles. The van der Waals surface area contributed by atoms with Gasteiger partial charge >= 0.3 is 6.03 Å². The zero-order chi connectivity index (χ0) is 21.4. The normalized spacial score (nSPS) is 15.8. The minimum Gasteiger partial charge on any atom is -0.467 e. The van der Waals surface area contributed by atoms with E-state index >= 15 is 0 Å². The first-order valence-corrected chi connectivity index (χ1v) is 9.59. The molecule has 0 bridgehead atoms. The summed E-state index contributed by atoms with van der Waals surface area (Å²) in [6.45, 7) is 3.74. The Morgan fingerprint density at radius 3 is 2.60 bits per heavy atom. The van der Waals surface area contributed by atoms with Crippen molar-refractivity contribution in [2.75, 3.05) is 0 Å². The number of imide groups is 2. The van der Waals surface area contributed by atoms with E-state index in [4.69, 9.17) is 16.0 Å². The van der Waals surface area contributed by atoms with E-state index in [1.54, 1.807) is 18.2 Å². The molecule has 0 unspecified atom stereocenters. The average Bonchev–Trinajstić information content (AvgIpc) is 3.30. The molecule has 1 N–H and O–H groups in total. The number of rotatable bonds is 4. The standard InChI is InChI=1S/C22H18ClN3O4/c1-13-9-15(14(2)26(13)17-6-3-5-16(23)11-17)10-19-20(27)24-22(29)25(21(19)28)12-18-7-4-8-30-18/h3-11H,12H2,1-2H3,(H,24,27,29)/b19-10+. The number of benzene rings is 1. The second kappa shape index (κ2) is 7.68. The molecule has 0 aliphatic carbocycles. The number of hydrogen-bond acceptors (Lipinski definition) is 4. The zero-order valence-corrected chi connectivity index (χ0v) is 17.1. The number of nitrogens with zero attached hydrogens (tertiary/aromatic N) is 2. The third-order valence-corrected chi connectivity index (χ3v) is 5.15. The number of barbiturate groups is 1. The second-order valence-electron chi connectivity index (χ2n) is 6.93. The topological polar surface area (TPSA) is 84.6 Å². The van der Waals surface area contributed by atoms with E-state index in [0.717, 1.165) is 22.0 Å². The molecule has 4 rings (SSSR count). The Balaban J connectivity index is 1.71. The van der Waals surface area contributed by atoms with Gasteiger partial charge in [-0.3, -0.25) is 19.8 Å². The third kappa shape index (κ3) is 3.55. The van der Waals surface area contributed by atoms with E-state index in [9.17, 15) is 14.4 Å². The van der Waals surface area contributed by atoms with Crippen molar-refractivity contribution < 1.29 is 18.8 Å². The fraction of sp³-hybridized carbons (Fsp3) is 0.136. The molecule has 7 nitrogen and oxygen atoms in total. The zero-order valence-electron chi connectivity index (χ0n) is 16.3. The molecule has 0 atom stereocenters. The average molecular weight is 424 g/mol. The summed E-state index contributed by atoms with van der Waals surface area (Å²) < 4.78 is 7.20. The van der Waals surface area contributed by atoms with Crippen molar-refractivity contribution >= 4 is 35.5 Å². The number of hydrogen-bond donors (Lipinski definition) is 1. The molecule has 1 fully saturated rings. The molecule has 8 heteroatoms. The maximum Gasteiger partial charge on any atom is 0.331 e. The van der Waals surface area contributed by atoms with Crippen molar-refractivity contribution in [3.63, 3.8) is 0 Å². The summed E-state index contributed by atoms with van der Waals surface area (Å²) in [6, 6.07) is 11.8.